The molecule has 106 valence electrons. The molecule has 0 radical (unpaired) electrons. The molecule has 0 aliphatic heterocycles. The van der Waals surface area contributed by atoms with E-state index in [4.69, 9.17) is 0 Å². The summed E-state index contributed by atoms with van der Waals surface area (Å²) in [4.78, 5) is 13.6. The van der Waals surface area contributed by atoms with E-state index in [0.717, 1.165) is 6.54 Å². The molecular formula is C16H26N2O. The molecule has 1 unspecified atom stereocenters. The maximum atomic E-state index is 11.4. The van der Waals surface area contributed by atoms with E-state index in [9.17, 15) is 4.79 Å². The van der Waals surface area contributed by atoms with Gasteiger partial charge in [-0.05, 0) is 57.0 Å². The van der Waals surface area contributed by atoms with Crippen LogP contribution in [0.25, 0.3) is 0 Å². The Bertz CT molecular complexity index is 454. The fourth-order valence-electron chi connectivity index (χ4n) is 2.14. The van der Waals surface area contributed by atoms with Crippen LogP contribution in [0.4, 0.5) is 0 Å². The number of hydrogen-bond acceptors (Lipinski definition) is 2. The monoisotopic (exact) mass is 262 g/mol. The number of nitrogens with one attached hydrogen (secondary N) is 1. The molecule has 1 aromatic carbocycles. The zero-order chi connectivity index (χ0) is 14.6. The maximum absolute atomic E-state index is 11.4. The summed E-state index contributed by atoms with van der Waals surface area (Å²) < 4.78 is 0. The highest BCUT2D eigenvalue weighted by Gasteiger charge is 2.14. The standard InChI is InChI=1S/C16H26N2O/c1-11-7-13(3)15(8-12(11)2)10-18(6)14(4)9-16(19)17-5/h7-8,14H,9-10H2,1-6H3,(H,17,19). The molecule has 0 bridgehead atoms. The van der Waals surface area contributed by atoms with Crippen LogP contribution in [0, 0.1) is 20.8 Å². The van der Waals surface area contributed by atoms with Crippen molar-refractivity contribution in [3.05, 3.63) is 34.4 Å². The van der Waals surface area contributed by atoms with Gasteiger partial charge in [-0.2, -0.15) is 0 Å². The predicted molar refractivity (Wildman–Crippen MR) is 80.3 cm³/mol. The van der Waals surface area contributed by atoms with Crippen LogP contribution < -0.4 is 5.32 Å². The van der Waals surface area contributed by atoms with Crippen molar-refractivity contribution in [2.45, 2.75) is 46.7 Å². The van der Waals surface area contributed by atoms with Crippen molar-refractivity contribution in [3.63, 3.8) is 0 Å². The van der Waals surface area contributed by atoms with E-state index < -0.39 is 0 Å². The van der Waals surface area contributed by atoms with Gasteiger partial charge in [0.1, 0.15) is 0 Å². The zero-order valence-electron chi connectivity index (χ0n) is 13.0. The summed E-state index contributed by atoms with van der Waals surface area (Å²) in [5.74, 6) is 0.0937. The molecule has 1 rings (SSSR count). The molecule has 3 heteroatoms. The van der Waals surface area contributed by atoms with E-state index in [-0.39, 0.29) is 11.9 Å². The number of nitrogens with zero attached hydrogens (tertiary/aromatic N) is 1. The van der Waals surface area contributed by atoms with Crippen LogP contribution in [0.5, 0.6) is 0 Å². The fraction of sp³-hybridized carbons (Fsp3) is 0.562. The molecule has 1 amide bonds. The summed E-state index contributed by atoms with van der Waals surface area (Å²) >= 11 is 0. The Morgan fingerprint density at radius 2 is 1.79 bits per heavy atom. The molecule has 0 spiro atoms. The van der Waals surface area contributed by atoms with Gasteiger partial charge >= 0.3 is 0 Å². The van der Waals surface area contributed by atoms with Crippen LogP contribution in [0.3, 0.4) is 0 Å². The Hall–Kier alpha value is -1.35. The number of rotatable bonds is 5. The summed E-state index contributed by atoms with van der Waals surface area (Å²) in [5, 5.41) is 2.68. The molecule has 3 nitrogen and oxygen atoms in total. The highest BCUT2D eigenvalue weighted by molar-refractivity contribution is 5.76. The van der Waals surface area contributed by atoms with Gasteiger partial charge in [-0.1, -0.05) is 12.1 Å². The number of benzene rings is 1. The first-order valence-electron chi connectivity index (χ1n) is 6.82. The quantitative estimate of drug-likeness (QED) is 0.884. The van der Waals surface area contributed by atoms with E-state index in [1.807, 2.05) is 0 Å². The molecule has 0 aliphatic carbocycles. The summed E-state index contributed by atoms with van der Waals surface area (Å²) in [6.45, 7) is 9.41. The lowest BCUT2D eigenvalue weighted by molar-refractivity contribution is -0.121. The Kier molecular flexibility index (Phi) is 5.55. The van der Waals surface area contributed by atoms with Crippen LogP contribution in [-0.4, -0.2) is 30.9 Å². The minimum Gasteiger partial charge on any atom is -0.359 e. The molecule has 0 aliphatic rings. The van der Waals surface area contributed by atoms with E-state index in [0.29, 0.717) is 6.42 Å². The predicted octanol–water partition coefficient (Wildman–Crippen LogP) is 2.57. The van der Waals surface area contributed by atoms with Crippen molar-refractivity contribution in [2.75, 3.05) is 14.1 Å². The van der Waals surface area contributed by atoms with E-state index in [1.54, 1.807) is 7.05 Å². The van der Waals surface area contributed by atoms with Gasteiger partial charge in [-0.25, -0.2) is 0 Å². The Labute approximate surface area is 117 Å². The average molecular weight is 262 g/mol. The first-order chi connectivity index (χ1) is 8.85. The fourth-order valence-corrected chi connectivity index (χ4v) is 2.14. The number of amides is 1. The first-order valence-corrected chi connectivity index (χ1v) is 6.82. The third-order valence-electron chi connectivity index (χ3n) is 3.88. The van der Waals surface area contributed by atoms with Crippen molar-refractivity contribution in [3.8, 4) is 0 Å². The molecule has 0 saturated carbocycles. The third kappa shape index (κ3) is 4.35. The van der Waals surface area contributed by atoms with Crippen LogP contribution >= 0.6 is 0 Å². The van der Waals surface area contributed by atoms with Gasteiger partial charge in [0.15, 0.2) is 0 Å². The average Bonchev–Trinajstić information content (AvgIpc) is 2.35. The number of hydrogen-bond donors (Lipinski definition) is 1. The minimum absolute atomic E-state index is 0.0937. The Morgan fingerprint density at radius 3 is 2.37 bits per heavy atom. The van der Waals surface area contributed by atoms with Gasteiger partial charge in [0.05, 0.1) is 0 Å². The molecule has 19 heavy (non-hydrogen) atoms. The highest BCUT2D eigenvalue weighted by atomic mass is 16.1. The summed E-state index contributed by atoms with van der Waals surface area (Å²) in [6.07, 6.45) is 0.539. The normalized spacial score (nSPS) is 12.6. The van der Waals surface area contributed by atoms with Crippen molar-refractivity contribution in [2.24, 2.45) is 0 Å². The first kappa shape index (κ1) is 15.7. The molecule has 1 aromatic rings. The zero-order valence-corrected chi connectivity index (χ0v) is 13.0. The van der Waals surface area contributed by atoms with E-state index in [2.05, 4.69) is 57.1 Å². The lowest BCUT2D eigenvalue weighted by Crippen LogP contribution is -2.34. The number of carbonyl (C=O) groups excluding carboxylic acids is 1. The van der Waals surface area contributed by atoms with Crippen LogP contribution in [0.1, 0.15) is 35.6 Å². The largest absolute Gasteiger partial charge is 0.359 e. The van der Waals surface area contributed by atoms with E-state index >= 15 is 0 Å². The lowest BCUT2D eigenvalue weighted by atomic mass is 10.00. The second-order valence-electron chi connectivity index (χ2n) is 5.50. The summed E-state index contributed by atoms with van der Waals surface area (Å²) in [5.41, 5.74) is 5.33. The van der Waals surface area contributed by atoms with Gasteiger partial charge in [0.25, 0.3) is 0 Å². The maximum Gasteiger partial charge on any atom is 0.221 e. The van der Waals surface area contributed by atoms with Gasteiger partial charge < -0.3 is 5.32 Å². The van der Waals surface area contributed by atoms with Crippen molar-refractivity contribution in [1.82, 2.24) is 10.2 Å². The van der Waals surface area contributed by atoms with E-state index in [1.165, 1.54) is 22.3 Å². The van der Waals surface area contributed by atoms with Gasteiger partial charge in [-0.3, -0.25) is 9.69 Å². The molecular weight excluding hydrogens is 236 g/mol. The van der Waals surface area contributed by atoms with Crippen LogP contribution in [0.2, 0.25) is 0 Å². The molecule has 1 atom stereocenters. The van der Waals surface area contributed by atoms with Crippen molar-refractivity contribution < 1.29 is 4.79 Å². The van der Waals surface area contributed by atoms with Gasteiger partial charge in [-0.15, -0.1) is 0 Å². The molecule has 0 aromatic heterocycles. The molecule has 0 saturated heterocycles. The van der Waals surface area contributed by atoms with Gasteiger partial charge in [0, 0.05) is 26.1 Å². The minimum atomic E-state index is 0.0937. The lowest BCUT2D eigenvalue weighted by Gasteiger charge is -2.25. The molecule has 0 heterocycles. The number of aryl methyl sites for hydroxylation is 3. The Balaban J connectivity index is 2.74. The SMILES string of the molecule is CNC(=O)CC(C)N(C)Cc1cc(C)c(C)cc1C. The third-order valence-corrected chi connectivity index (χ3v) is 3.88. The van der Waals surface area contributed by atoms with Crippen LogP contribution in [0.15, 0.2) is 12.1 Å². The second kappa shape index (κ2) is 6.71. The van der Waals surface area contributed by atoms with Crippen molar-refractivity contribution in [1.29, 1.82) is 0 Å². The number of carbonyl (C=O) groups is 1. The van der Waals surface area contributed by atoms with Gasteiger partial charge in [0.2, 0.25) is 5.91 Å². The highest BCUT2D eigenvalue weighted by Crippen LogP contribution is 2.18. The smallest absolute Gasteiger partial charge is 0.221 e. The topological polar surface area (TPSA) is 32.3 Å². The second-order valence-corrected chi connectivity index (χ2v) is 5.50. The van der Waals surface area contributed by atoms with Crippen LogP contribution in [-0.2, 0) is 11.3 Å². The Morgan fingerprint density at radius 1 is 1.21 bits per heavy atom. The van der Waals surface area contributed by atoms with Crippen molar-refractivity contribution >= 4 is 5.91 Å². The summed E-state index contributed by atoms with van der Waals surface area (Å²) in [6, 6.07) is 4.73. The summed E-state index contributed by atoms with van der Waals surface area (Å²) in [7, 11) is 3.75. The molecule has 0 fully saturated rings. The molecule has 1 N–H and O–H groups in total.